The molecule has 2 aromatic rings. The maximum absolute atomic E-state index is 11.2. The number of aryl methyl sites for hydroxylation is 1. The Labute approximate surface area is 222 Å². The largest absolute Gasteiger partial charge is 0.502 e. The van der Waals surface area contributed by atoms with Crippen LogP contribution in [0.25, 0.3) is 0 Å². The fraction of sp³-hybridized carbons (Fsp3) is 0.556. The molecular weight excluding hydrogens is 485 g/mol. The highest BCUT2D eigenvalue weighted by atomic mass is 35.5. The number of rotatable bonds is 14. The SMILES string of the molecule is CCCN(CCCCCCNCCc1ccccc1)C1CCc2cc(O)c([N+](=O)[O-])cc2C1.Cl.Cl. The molecule has 0 radical (unpaired) electrons. The van der Waals surface area contributed by atoms with Gasteiger partial charge in [-0.2, -0.15) is 0 Å². The number of nitrogens with zero attached hydrogens (tertiary/aromatic N) is 2. The van der Waals surface area contributed by atoms with Crippen LogP contribution in [-0.2, 0) is 19.3 Å². The van der Waals surface area contributed by atoms with E-state index < -0.39 is 4.92 Å². The summed E-state index contributed by atoms with van der Waals surface area (Å²) < 4.78 is 0. The zero-order valence-electron chi connectivity index (χ0n) is 20.8. The number of unbranched alkanes of at least 4 members (excludes halogenated alkanes) is 3. The maximum Gasteiger partial charge on any atom is 0.310 e. The molecule has 0 saturated carbocycles. The van der Waals surface area contributed by atoms with Crippen molar-refractivity contribution in [2.24, 2.45) is 0 Å². The molecule has 0 heterocycles. The van der Waals surface area contributed by atoms with E-state index in [1.54, 1.807) is 12.1 Å². The van der Waals surface area contributed by atoms with Gasteiger partial charge in [0.2, 0.25) is 0 Å². The summed E-state index contributed by atoms with van der Waals surface area (Å²) in [5.41, 5.74) is 3.30. The Hall–Kier alpha value is -1.86. The smallest absolute Gasteiger partial charge is 0.310 e. The minimum absolute atomic E-state index is 0. The number of benzene rings is 2. The van der Waals surface area contributed by atoms with Gasteiger partial charge < -0.3 is 15.3 Å². The Morgan fingerprint density at radius 2 is 1.77 bits per heavy atom. The molecule has 0 aliphatic heterocycles. The van der Waals surface area contributed by atoms with Gasteiger partial charge in [-0.1, -0.05) is 50.1 Å². The van der Waals surface area contributed by atoms with Crippen molar-refractivity contribution in [3.63, 3.8) is 0 Å². The second kappa shape index (κ2) is 16.7. The van der Waals surface area contributed by atoms with Crippen molar-refractivity contribution in [1.29, 1.82) is 0 Å². The first-order valence-electron chi connectivity index (χ1n) is 12.6. The van der Waals surface area contributed by atoms with Gasteiger partial charge in [0.25, 0.3) is 0 Å². The lowest BCUT2D eigenvalue weighted by atomic mass is 9.86. The van der Waals surface area contributed by atoms with Crippen LogP contribution in [0.5, 0.6) is 5.75 Å². The number of nitrogens with one attached hydrogen (secondary N) is 1. The van der Waals surface area contributed by atoms with E-state index in [1.807, 2.05) is 0 Å². The molecule has 3 rings (SSSR count). The first-order valence-corrected chi connectivity index (χ1v) is 12.6. The molecule has 0 aromatic heterocycles. The van der Waals surface area contributed by atoms with Crippen molar-refractivity contribution in [3.8, 4) is 5.75 Å². The molecule has 2 aromatic carbocycles. The predicted molar refractivity (Wildman–Crippen MR) is 148 cm³/mol. The lowest BCUT2D eigenvalue weighted by Gasteiger charge is -2.35. The van der Waals surface area contributed by atoms with E-state index >= 15 is 0 Å². The highest BCUT2D eigenvalue weighted by molar-refractivity contribution is 5.85. The number of hydrogen-bond donors (Lipinski definition) is 2. The van der Waals surface area contributed by atoms with Crippen LogP contribution in [0.3, 0.4) is 0 Å². The summed E-state index contributed by atoms with van der Waals surface area (Å²) in [5, 5.41) is 24.7. The fourth-order valence-corrected chi connectivity index (χ4v) is 4.91. The summed E-state index contributed by atoms with van der Waals surface area (Å²) in [6.07, 6.45) is 9.86. The summed E-state index contributed by atoms with van der Waals surface area (Å²) in [6, 6.07) is 14.2. The Kier molecular flexibility index (Phi) is 14.9. The summed E-state index contributed by atoms with van der Waals surface area (Å²) in [6.45, 7) is 6.49. The van der Waals surface area contributed by atoms with E-state index in [0.717, 1.165) is 69.4 Å². The van der Waals surface area contributed by atoms with Crippen molar-refractivity contribution in [1.82, 2.24) is 10.2 Å². The van der Waals surface area contributed by atoms with E-state index in [1.165, 1.54) is 31.2 Å². The topological polar surface area (TPSA) is 78.6 Å². The first-order chi connectivity index (χ1) is 16.1. The minimum atomic E-state index is -0.487. The Morgan fingerprint density at radius 1 is 1.03 bits per heavy atom. The van der Waals surface area contributed by atoms with E-state index in [9.17, 15) is 15.2 Å². The molecule has 1 aliphatic rings. The van der Waals surface area contributed by atoms with Crippen LogP contribution in [0.2, 0.25) is 0 Å². The average molecular weight is 527 g/mol. The molecule has 6 nitrogen and oxygen atoms in total. The lowest BCUT2D eigenvalue weighted by molar-refractivity contribution is -0.385. The molecule has 2 N–H and O–H groups in total. The molecule has 196 valence electrons. The molecule has 1 aliphatic carbocycles. The summed E-state index contributed by atoms with van der Waals surface area (Å²) in [7, 11) is 0. The number of nitro benzene ring substituents is 1. The van der Waals surface area contributed by atoms with Gasteiger partial charge in [-0.05, 0) is 93.9 Å². The van der Waals surface area contributed by atoms with Gasteiger partial charge in [-0.25, -0.2) is 0 Å². The molecule has 1 atom stereocenters. The van der Waals surface area contributed by atoms with E-state index in [0.29, 0.717) is 6.04 Å². The van der Waals surface area contributed by atoms with Crippen LogP contribution in [0.1, 0.15) is 62.1 Å². The van der Waals surface area contributed by atoms with Crippen LogP contribution in [0.15, 0.2) is 42.5 Å². The fourth-order valence-electron chi connectivity index (χ4n) is 4.91. The monoisotopic (exact) mass is 525 g/mol. The van der Waals surface area contributed by atoms with Crippen molar-refractivity contribution in [2.45, 2.75) is 70.8 Å². The summed E-state index contributed by atoms with van der Waals surface area (Å²) in [4.78, 5) is 13.3. The number of phenolic OH excluding ortho intramolecular Hbond substituents is 1. The highest BCUT2D eigenvalue weighted by Gasteiger charge is 2.27. The van der Waals surface area contributed by atoms with Gasteiger partial charge in [0.05, 0.1) is 4.92 Å². The predicted octanol–water partition coefficient (Wildman–Crippen LogP) is 6.11. The second-order valence-corrected chi connectivity index (χ2v) is 9.20. The normalized spacial score (nSPS) is 14.6. The van der Waals surface area contributed by atoms with Crippen LogP contribution in [0, 0.1) is 10.1 Å². The van der Waals surface area contributed by atoms with Crippen LogP contribution < -0.4 is 5.32 Å². The molecule has 0 spiro atoms. The molecular formula is C27H41Cl2N3O3. The van der Waals surface area contributed by atoms with Crippen LogP contribution >= 0.6 is 24.8 Å². The number of nitro groups is 1. The van der Waals surface area contributed by atoms with E-state index in [4.69, 9.17) is 0 Å². The second-order valence-electron chi connectivity index (χ2n) is 9.20. The van der Waals surface area contributed by atoms with Crippen molar-refractivity contribution < 1.29 is 10.0 Å². The summed E-state index contributed by atoms with van der Waals surface area (Å²) in [5.74, 6) is -0.211. The van der Waals surface area contributed by atoms with Crippen LogP contribution in [-0.4, -0.2) is 47.2 Å². The van der Waals surface area contributed by atoms with Gasteiger partial charge in [0, 0.05) is 12.1 Å². The van der Waals surface area contributed by atoms with Crippen LogP contribution in [0.4, 0.5) is 5.69 Å². The third-order valence-electron chi connectivity index (χ3n) is 6.71. The molecule has 0 bridgehead atoms. The standard InChI is InChI=1S/C27H39N3O3.2ClH/c1-2-17-29(18-9-4-3-8-15-28-16-14-22-10-6-5-7-11-22)25-13-12-23-21-27(31)26(30(32)33)20-24(23)19-25;;/h5-7,10-11,20-21,25,28,31H,2-4,8-9,12-19H2,1H3;2*1H. The number of aromatic hydroxyl groups is 1. The number of fused-ring (bicyclic) bond motifs is 1. The Bertz CT molecular complexity index is 883. The molecule has 35 heavy (non-hydrogen) atoms. The zero-order chi connectivity index (χ0) is 23.5. The minimum Gasteiger partial charge on any atom is -0.502 e. The Morgan fingerprint density at radius 3 is 2.49 bits per heavy atom. The maximum atomic E-state index is 11.2. The summed E-state index contributed by atoms with van der Waals surface area (Å²) >= 11 is 0. The van der Waals surface area contributed by atoms with Crippen molar-refractivity contribution >= 4 is 30.5 Å². The van der Waals surface area contributed by atoms with Gasteiger partial charge in [0.15, 0.2) is 5.75 Å². The first kappa shape index (κ1) is 31.2. The molecule has 8 heteroatoms. The average Bonchev–Trinajstić information content (AvgIpc) is 2.82. The van der Waals surface area contributed by atoms with Gasteiger partial charge >= 0.3 is 5.69 Å². The molecule has 0 saturated heterocycles. The van der Waals surface area contributed by atoms with Gasteiger partial charge in [-0.15, -0.1) is 24.8 Å². The molecule has 1 unspecified atom stereocenters. The van der Waals surface area contributed by atoms with Crippen molar-refractivity contribution in [2.75, 3.05) is 26.2 Å². The highest BCUT2D eigenvalue weighted by Crippen LogP contribution is 2.34. The van der Waals surface area contributed by atoms with E-state index in [-0.39, 0.29) is 36.3 Å². The third-order valence-corrected chi connectivity index (χ3v) is 6.71. The number of hydrogen-bond acceptors (Lipinski definition) is 5. The van der Waals surface area contributed by atoms with Crippen molar-refractivity contribution in [3.05, 3.63) is 69.3 Å². The quantitative estimate of drug-likeness (QED) is 0.177. The third kappa shape index (κ3) is 9.96. The zero-order valence-corrected chi connectivity index (χ0v) is 22.4. The molecule has 0 amide bonds. The van der Waals surface area contributed by atoms with Gasteiger partial charge in [-0.3, -0.25) is 10.1 Å². The molecule has 0 fully saturated rings. The number of halogens is 2. The lowest BCUT2D eigenvalue weighted by Crippen LogP contribution is -2.40. The van der Waals surface area contributed by atoms with Gasteiger partial charge in [0.1, 0.15) is 0 Å². The Balaban J connectivity index is 0.00000306. The van der Waals surface area contributed by atoms with E-state index in [2.05, 4.69) is 47.5 Å². The number of phenols is 1.